The molecule has 0 saturated heterocycles. The first-order valence-electron chi connectivity index (χ1n) is 10.7. The number of rotatable bonds is 1. The standard InChI is InChI=1S/C23H29F3O3/c1-13(27)29-20(23(24,25)26)16-12-18-15-8-7-14-6-4-5-10-21(14,2)17(15)9-11-22(18,3)19(16)28/h7,15,17-18H,4-6,8-12H2,1-3H3. The highest BCUT2D eigenvalue weighted by atomic mass is 19.4. The lowest BCUT2D eigenvalue weighted by atomic mass is 9.48. The van der Waals surface area contributed by atoms with Crippen LogP contribution in [0.4, 0.5) is 13.2 Å². The lowest BCUT2D eigenvalue weighted by molar-refractivity contribution is -0.159. The van der Waals surface area contributed by atoms with E-state index in [1.807, 2.05) is 6.92 Å². The summed E-state index contributed by atoms with van der Waals surface area (Å²) in [7, 11) is 0. The summed E-state index contributed by atoms with van der Waals surface area (Å²) in [5.74, 6) is -2.43. The van der Waals surface area contributed by atoms with Crippen LogP contribution >= 0.6 is 0 Å². The van der Waals surface area contributed by atoms with E-state index in [1.165, 1.54) is 18.4 Å². The van der Waals surface area contributed by atoms with E-state index in [-0.39, 0.29) is 29.2 Å². The van der Waals surface area contributed by atoms with Gasteiger partial charge in [0.25, 0.3) is 0 Å². The maximum Gasteiger partial charge on any atom is 0.450 e. The van der Waals surface area contributed by atoms with Crippen molar-refractivity contribution in [2.24, 2.45) is 28.6 Å². The molecule has 6 heteroatoms. The number of esters is 1. The molecule has 0 radical (unpaired) electrons. The van der Waals surface area contributed by atoms with E-state index < -0.39 is 29.1 Å². The summed E-state index contributed by atoms with van der Waals surface area (Å²) in [5, 5.41) is 0. The first-order valence-corrected chi connectivity index (χ1v) is 10.7. The van der Waals surface area contributed by atoms with Gasteiger partial charge in [0.05, 0.1) is 0 Å². The van der Waals surface area contributed by atoms with Crippen LogP contribution in [0.2, 0.25) is 0 Å². The maximum absolute atomic E-state index is 13.6. The van der Waals surface area contributed by atoms with E-state index in [0.29, 0.717) is 12.3 Å². The van der Waals surface area contributed by atoms with Crippen LogP contribution in [0.1, 0.15) is 72.1 Å². The molecule has 3 fully saturated rings. The van der Waals surface area contributed by atoms with Gasteiger partial charge >= 0.3 is 12.1 Å². The number of alkyl halides is 3. The zero-order valence-electron chi connectivity index (χ0n) is 17.3. The van der Waals surface area contributed by atoms with E-state index in [2.05, 4.69) is 17.7 Å². The van der Waals surface area contributed by atoms with Crippen LogP contribution in [0, 0.1) is 28.6 Å². The summed E-state index contributed by atoms with van der Waals surface area (Å²) in [4.78, 5) is 24.5. The Morgan fingerprint density at radius 2 is 1.86 bits per heavy atom. The third-order valence-electron chi connectivity index (χ3n) is 8.40. The van der Waals surface area contributed by atoms with Gasteiger partial charge in [-0.15, -0.1) is 0 Å². The molecule has 0 aliphatic heterocycles. The quantitative estimate of drug-likeness (QED) is 0.234. The predicted molar refractivity (Wildman–Crippen MR) is 102 cm³/mol. The number of halogens is 3. The van der Waals surface area contributed by atoms with Gasteiger partial charge in [-0.25, -0.2) is 0 Å². The Labute approximate surface area is 169 Å². The summed E-state index contributed by atoms with van der Waals surface area (Å²) >= 11 is 0. The zero-order chi connectivity index (χ0) is 21.2. The van der Waals surface area contributed by atoms with Crippen LogP contribution in [-0.4, -0.2) is 17.9 Å². The number of Topliss-reactive ketones (excluding diaryl/α,β-unsaturated/α-hetero) is 1. The number of ketones is 1. The number of fused-ring (bicyclic) bond motifs is 5. The van der Waals surface area contributed by atoms with Crippen LogP contribution in [0.3, 0.4) is 0 Å². The fourth-order valence-corrected chi connectivity index (χ4v) is 6.96. The third-order valence-corrected chi connectivity index (χ3v) is 8.40. The van der Waals surface area contributed by atoms with Gasteiger partial charge in [-0.3, -0.25) is 9.59 Å². The average molecular weight is 410 g/mol. The monoisotopic (exact) mass is 410 g/mol. The SMILES string of the molecule is CC(=O)OC(=C1CC2C3CC=C4CCCCC4(C)C3CCC2(C)C1=O)C(F)(F)F. The van der Waals surface area contributed by atoms with E-state index in [9.17, 15) is 22.8 Å². The molecule has 4 aliphatic carbocycles. The third kappa shape index (κ3) is 3.09. The van der Waals surface area contributed by atoms with Gasteiger partial charge in [0.2, 0.25) is 5.76 Å². The van der Waals surface area contributed by atoms with E-state index in [1.54, 1.807) is 0 Å². The van der Waals surface area contributed by atoms with Crippen molar-refractivity contribution in [1.82, 2.24) is 0 Å². The van der Waals surface area contributed by atoms with Crippen molar-refractivity contribution >= 4 is 11.8 Å². The number of carbonyl (C=O) groups is 2. The molecule has 0 spiro atoms. The van der Waals surface area contributed by atoms with Crippen molar-refractivity contribution in [2.75, 3.05) is 0 Å². The van der Waals surface area contributed by atoms with Gasteiger partial charge in [0.1, 0.15) is 0 Å². The van der Waals surface area contributed by atoms with Crippen LogP contribution in [-0.2, 0) is 14.3 Å². The molecule has 5 unspecified atom stereocenters. The predicted octanol–water partition coefficient (Wildman–Crippen LogP) is 5.90. The number of ether oxygens (including phenoxy) is 1. The second-order valence-electron chi connectivity index (χ2n) is 9.85. The first-order chi connectivity index (χ1) is 13.5. The fourth-order valence-electron chi connectivity index (χ4n) is 6.96. The van der Waals surface area contributed by atoms with E-state index in [4.69, 9.17) is 0 Å². The van der Waals surface area contributed by atoms with E-state index in [0.717, 1.165) is 32.6 Å². The van der Waals surface area contributed by atoms with Gasteiger partial charge in [0, 0.05) is 17.9 Å². The number of hydrogen-bond acceptors (Lipinski definition) is 3. The molecule has 0 amide bonds. The van der Waals surface area contributed by atoms with Gasteiger partial charge < -0.3 is 4.74 Å². The minimum absolute atomic E-state index is 0.0534. The average Bonchev–Trinajstić information content (AvgIpc) is 2.89. The number of carbonyl (C=O) groups excluding carboxylic acids is 2. The molecular weight excluding hydrogens is 381 g/mol. The van der Waals surface area contributed by atoms with Crippen LogP contribution in [0.15, 0.2) is 23.0 Å². The zero-order valence-corrected chi connectivity index (χ0v) is 17.3. The van der Waals surface area contributed by atoms with Gasteiger partial charge in [-0.1, -0.05) is 31.9 Å². The van der Waals surface area contributed by atoms with E-state index >= 15 is 0 Å². The topological polar surface area (TPSA) is 43.4 Å². The largest absolute Gasteiger partial charge is 0.450 e. The molecule has 0 N–H and O–H groups in total. The van der Waals surface area contributed by atoms with Crippen molar-refractivity contribution < 1.29 is 27.5 Å². The van der Waals surface area contributed by atoms with Gasteiger partial charge in [-0.05, 0) is 68.1 Å². The Kier molecular flexibility index (Phi) is 4.78. The van der Waals surface area contributed by atoms with Crippen molar-refractivity contribution in [3.05, 3.63) is 23.0 Å². The molecule has 3 nitrogen and oxygen atoms in total. The fraction of sp³-hybridized carbons (Fsp3) is 0.739. The molecule has 29 heavy (non-hydrogen) atoms. The van der Waals surface area contributed by atoms with Crippen molar-refractivity contribution in [3.63, 3.8) is 0 Å². The summed E-state index contributed by atoms with van der Waals surface area (Å²) < 4.78 is 45.4. The maximum atomic E-state index is 13.6. The molecule has 0 bridgehead atoms. The van der Waals surface area contributed by atoms with Crippen molar-refractivity contribution in [2.45, 2.75) is 78.3 Å². The summed E-state index contributed by atoms with van der Waals surface area (Å²) in [5.41, 5.74) is 0.499. The highest BCUT2D eigenvalue weighted by molar-refractivity contribution is 6.03. The lowest BCUT2D eigenvalue weighted by Gasteiger charge is -2.56. The van der Waals surface area contributed by atoms with Gasteiger partial charge in [-0.2, -0.15) is 13.2 Å². The van der Waals surface area contributed by atoms with Gasteiger partial charge in [0.15, 0.2) is 5.78 Å². The normalized spacial score (nSPS) is 41.1. The Morgan fingerprint density at radius 3 is 2.52 bits per heavy atom. The second kappa shape index (κ2) is 6.71. The molecule has 0 heterocycles. The Bertz CT molecular complexity index is 809. The Hall–Kier alpha value is -1.59. The van der Waals surface area contributed by atoms with Crippen LogP contribution in [0.5, 0.6) is 0 Å². The summed E-state index contributed by atoms with van der Waals surface area (Å²) in [6.45, 7) is 5.09. The molecular formula is C23H29F3O3. The molecule has 4 aliphatic rings. The van der Waals surface area contributed by atoms with Crippen molar-refractivity contribution in [1.29, 1.82) is 0 Å². The Balaban J connectivity index is 1.74. The van der Waals surface area contributed by atoms with Crippen molar-refractivity contribution in [3.8, 4) is 0 Å². The first kappa shape index (κ1) is 20.7. The molecule has 160 valence electrons. The Morgan fingerprint density at radius 1 is 1.14 bits per heavy atom. The molecule has 3 saturated carbocycles. The highest BCUT2D eigenvalue weighted by Crippen LogP contribution is 2.65. The van der Waals surface area contributed by atoms with Crippen LogP contribution in [0.25, 0.3) is 0 Å². The molecule has 4 rings (SSSR count). The molecule has 0 aromatic heterocycles. The van der Waals surface area contributed by atoms with Crippen LogP contribution < -0.4 is 0 Å². The summed E-state index contributed by atoms with van der Waals surface area (Å²) in [6, 6.07) is 0. The number of hydrogen-bond donors (Lipinski definition) is 0. The minimum Gasteiger partial charge on any atom is -0.421 e. The summed E-state index contributed by atoms with van der Waals surface area (Å²) in [6.07, 6.45) is 4.48. The smallest absolute Gasteiger partial charge is 0.421 e. The number of allylic oxidation sites excluding steroid dienone is 4. The lowest BCUT2D eigenvalue weighted by Crippen LogP contribution is -2.49. The second-order valence-corrected chi connectivity index (χ2v) is 9.85. The molecule has 0 aromatic carbocycles. The molecule has 5 atom stereocenters. The molecule has 0 aromatic rings. The highest BCUT2D eigenvalue weighted by Gasteiger charge is 2.61. The minimum atomic E-state index is -4.85.